The minimum absolute atomic E-state index is 0.637. The molecule has 238 valence electrons. The van der Waals surface area contributed by atoms with Crippen molar-refractivity contribution in [3.63, 3.8) is 0 Å². The molecule has 0 aliphatic heterocycles. The molecule has 0 aliphatic carbocycles. The van der Waals surface area contributed by atoms with E-state index in [1.54, 1.807) is 0 Å². The summed E-state index contributed by atoms with van der Waals surface area (Å²) in [5, 5.41) is 7.10. The van der Waals surface area contributed by atoms with Crippen molar-refractivity contribution in [2.24, 2.45) is 0 Å². The standard InChI is InChI=1S/C47H30N4/c1-4-16-31(17-5-1)39-30-43(51-41-27-15-14-25-37(41)40-28-34-22-10-11-23-35(34)29-42(40)51)36-24-12-13-26-38(36)44(39)47-49-45(32-18-6-2-7-19-32)48-46(50-47)33-20-8-3-9-21-33/h1-30H. The van der Waals surface area contributed by atoms with Crippen LogP contribution in [0.25, 0.3) is 94.3 Å². The van der Waals surface area contributed by atoms with Crippen molar-refractivity contribution < 1.29 is 0 Å². The number of benzene rings is 8. The smallest absolute Gasteiger partial charge is 0.165 e. The van der Waals surface area contributed by atoms with Crippen LogP contribution in [-0.4, -0.2) is 19.5 Å². The van der Waals surface area contributed by atoms with E-state index in [-0.39, 0.29) is 0 Å². The topological polar surface area (TPSA) is 43.6 Å². The molecule has 10 rings (SSSR count). The molecule has 10 aromatic rings. The third-order valence-electron chi connectivity index (χ3n) is 9.81. The summed E-state index contributed by atoms with van der Waals surface area (Å²) in [6.45, 7) is 0. The first-order valence-corrected chi connectivity index (χ1v) is 17.2. The highest BCUT2D eigenvalue weighted by molar-refractivity contribution is 6.16. The monoisotopic (exact) mass is 650 g/mol. The number of nitrogens with zero attached hydrogens (tertiary/aromatic N) is 4. The van der Waals surface area contributed by atoms with Crippen LogP contribution in [0.1, 0.15) is 0 Å². The van der Waals surface area contributed by atoms with Crippen molar-refractivity contribution in [2.75, 3.05) is 0 Å². The summed E-state index contributed by atoms with van der Waals surface area (Å²) in [7, 11) is 0. The lowest BCUT2D eigenvalue weighted by Gasteiger charge is -2.19. The van der Waals surface area contributed by atoms with E-state index in [4.69, 9.17) is 15.0 Å². The molecule has 0 amide bonds. The zero-order valence-electron chi connectivity index (χ0n) is 27.6. The molecule has 4 heteroatoms. The number of fused-ring (bicyclic) bond motifs is 5. The van der Waals surface area contributed by atoms with Gasteiger partial charge < -0.3 is 4.57 Å². The fourth-order valence-corrected chi connectivity index (χ4v) is 7.46. The van der Waals surface area contributed by atoms with Crippen LogP contribution < -0.4 is 0 Å². The van der Waals surface area contributed by atoms with Crippen LogP contribution >= 0.6 is 0 Å². The van der Waals surface area contributed by atoms with Crippen molar-refractivity contribution in [3.8, 4) is 51.0 Å². The molecular weight excluding hydrogens is 621 g/mol. The number of rotatable bonds is 5. The van der Waals surface area contributed by atoms with Gasteiger partial charge in [0, 0.05) is 32.8 Å². The van der Waals surface area contributed by atoms with Crippen molar-refractivity contribution in [1.29, 1.82) is 0 Å². The summed E-state index contributed by atoms with van der Waals surface area (Å²) in [4.78, 5) is 15.5. The predicted octanol–water partition coefficient (Wildman–Crippen LogP) is 11.9. The molecule has 0 radical (unpaired) electrons. The van der Waals surface area contributed by atoms with Crippen molar-refractivity contribution in [1.82, 2.24) is 19.5 Å². The minimum Gasteiger partial charge on any atom is -0.309 e. The number of para-hydroxylation sites is 1. The van der Waals surface area contributed by atoms with Crippen LogP contribution in [0.15, 0.2) is 182 Å². The summed E-state index contributed by atoms with van der Waals surface area (Å²) in [5.74, 6) is 1.92. The lowest BCUT2D eigenvalue weighted by Crippen LogP contribution is -2.03. The normalized spacial score (nSPS) is 11.5. The van der Waals surface area contributed by atoms with E-state index in [0.717, 1.165) is 49.8 Å². The van der Waals surface area contributed by atoms with Crippen molar-refractivity contribution in [3.05, 3.63) is 182 Å². The molecule has 0 unspecified atom stereocenters. The highest BCUT2D eigenvalue weighted by atomic mass is 15.0. The quantitative estimate of drug-likeness (QED) is 0.186. The molecule has 2 aromatic heterocycles. The number of hydrogen-bond donors (Lipinski definition) is 0. The highest BCUT2D eigenvalue weighted by Gasteiger charge is 2.23. The Labute approximate surface area is 295 Å². The molecule has 0 fully saturated rings. The largest absolute Gasteiger partial charge is 0.309 e. The van der Waals surface area contributed by atoms with E-state index < -0.39 is 0 Å². The van der Waals surface area contributed by atoms with Gasteiger partial charge in [-0.2, -0.15) is 0 Å². The van der Waals surface area contributed by atoms with Gasteiger partial charge in [-0.25, -0.2) is 15.0 Å². The van der Waals surface area contributed by atoms with Gasteiger partial charge in [0.1, 0.15) is 0 Å². The average molecular weight is 651 g/mol. The molecule has 0 N–H and O–H groups in total. The van der Waals surface area contributed by atoms with Gasteiger partial charge in [0.2, 0.25) is 0 Å². The molecule has 0 atom stereocenters. The number of hydrogen-bond acceptors (Lipinski definition) is 3. The Hall–Kier alpha value is -6.91. The molecule has 0 spiro atoms. The first-order valence-electron chi connectivity index (χ1n) is 17.2. The van der Waals surface area contributed by atoms with E-state index >= 15 is 0 Å². The maximum absolute atomic E-state index is 5.23. The third kappa shape index (κ3) is 4.88. The fraction of sp³-hybridized carbons (Fsp3) is 0. The van der Waals surface area contributed by atoms with Gasteiger partial charge in [-0.3, -0.25) is 0 Å². The molecule has 2 heterocycles. The third-order valence-corrected chi connectivity index (χ3v) is 9.81. The molecule has 0 bridgehead atoms. The maximum Gasteiger partial charge on any atom is 0.165 e. The Morgan fingerprint density at radius 3 is 1.47 bits per heavy atom. The van der Waals surface area contributed by atoms with Crippen LogP contribution in [0.5, 0.6) is 0 Å². The second-order valence-corrected chi connectivity index (χ2v) is 12.8. The Morgan fingerprint density at radius 2 is 0.824 bits per heavy atom. The average Bonchev–Trinajstić information content (AvgIpc) is 3.53. The molecule has 4 nitrogen and oxygen atoms in total. The van der Waals surface area contributed by atoms with Crippen LogP contribution in [0.3, 0.4) is 0 Å². The molecule has 0 saturated heterocycles. The first-order chi connectivity index (χ1) is 25.3. The molecule has 0 aliphatic rings. The van der Waals surface area contributed by atoms with Gasteiger partial charge in [0.05, 0.1) is 16.7 Å². The zero-order valence-corrected chi connectivity index (χ0v) is 27.6. The highest BCUT2D eigenvalue weighted by Crippen LogP contribution is 2.43. The summed E-state index contributed by atoms with van der Waals surface area (Å²) in [6, 6.07) is 64.0. The Kier molecular flexibility index (Phi) is 6.78. The summed E-state index contributed by atoms with van der Waals surface area (Å²) in [6.07, 6.45) is 0. The van der Waals surface area contributed by atoms with E-state index in [2.05, 4.69) is 150 Å². The van der Waals surface area contributed by atoms with Gasteiger partial charge >= 0.3 is 0 Å². The Bertz CT molecular complexity index is 2840. The Morgan fingerprint density at radius 1 is 0.333 bits per heavy atom. The van der Waals surface area contributed by atoms with E-state index in [0.29, 0.717) is 17.5 Å². The van der Waals surface area contributed by atoms with Crippen molar-refractivity contribution >= 4 is 43.4 Å². The SMILES string of the molecule is c1ccc(-c2nc(-c3ccccc3)nc(-c3c(-c4ccccc4)cc(-n4c5ccccc5c5cc6ccccc6cc54)c4ccccc34)n2)cc1. The molecule has 51 heavy (non-hydrogen) atoms. The van der Waals surface area contributed by atoms with E-state index in [1.165, 1.54) is 27.1 Å². The van der Waals surface area contributed by atoms with Gasteiger partial charge in [0.15, 0.2) is 17.5 Å². The van der Waals surface area contributed by atoms with Crippen LogP contribution in [0.2, 0.25) is 0 Å². The second-order valence-electron chi connectivity index (χ2n) is 12.8. The van der Waals surface area contributed by atoms with Crippen molar-refractivity contribution in [2.45, 2.75) is 0 Å². The van der Waals surface area contributed by atoms with Crippen LogP contribution in [0, 0.1) is 0 Å². The van der Waals surface area contributed by atoms with Crippen LogP contribution in [0.4, 0.5) is 0 Å². The Balaban J connectivity index is 1.34. The predicted molar refractivity (Wildman–Crippen MR) is 211 cm³/mol. The van der Waals surface area contributed by atoms with Gasteiger partial charge in [0.25, 0.3) is 0 Å². The second kappa shape index (κ2) is 11.9. The minimum atomic E-state index is 0.637. The van der Waals surface area contributed by atoms with Gasteiger partial charge in [-0.15, -0.1) is 0 Å². The summed E-state index contributed by atoms with van der Waals surface area (Å²) in [5.41, 5.74) is 8.45. The lowest BCUT2D eigenvalue weighted by atomic mass is 9.92. The number of aromatic nitrogens is 4. The maximum atomic E-state index is 5.23. The zero-order chi connectivity index (χ0) is 33.7. The lowest BCUT2D eigenvalue weighted by molar-refractivity contribution is 1.08. The molecular formula is C47H30N4. The summed E-state index contributed by atoms with van der Waals surface area (Å²) >= 11 is 0. The molecule has 0 saturated carbocycles. The summed E-state index contributed by atoms with van der Waals surface area (Å²) < 4.78 is 2.44. The van der Waals surface area contributed by atoms with Gasteiger partial charge in [-0.1, -0.05) is 158 Å². The molecule has 8 aromatic carbocycles. The first kappa shape index (κ1) is 29.0. The van der Waals surface area contributed by atoms with Gasteiger partial charge in [-0.05, 0) is 51.6 Å². The van der Waals surface area contributed by atoms with E-state index in [1.807, 2.05) is 36.4 Å². The fourth-order valence-electron chi connectivity index (χ4n) is 7.46. The van der Waals surface area contributed by atoms with Crippen LogP contribution in [-0.2, 0) is 0 Å². The van der Waals surface area contributed by atoms with E-state index in [9.17, 15) is 0 Å².